The van der Waals surface area contributed by atoms with Gasteiger partial charge in [-0.05, 0) is 36.2 Å². The number of urea groups is 1. The van der Waals surface area contributed by atoms with Crippen molar-refractivity contribution < 1.29 is 9.21 Å². The number of rotatable bonds is 6. The van der Waals surface area contributed by atoms with Gasteiger partial charge in [0.2, 0.25) is 0 Å². The number of aromatic nitrogens is 1. The fourth-order valence-corrected chi connectivity index (χ4v) is 3.27. The van der Waals surface area contributed by atoms with Crippen molar-refractivity contribution in [1.82, 2.24) is 15.2 Å². The van der Waals surface area contributed by atoms with E-state index in [0.29, 0.717) is 18.8 Å². The van der Waals surface area contributed by atoms with Crippen LogP contribution in [0.3, 0.4) is 0 Å². The lowest BCUT2D eigenvalue weighted by atomic mass is 10.1. The Labute approximate surface area is 174 Å². The molecule has 0 saturated carbocycles. The summed E-state index contributed by atoms with van der Waals surface area (Å²) >= 11 is 0. The van der Waals surface area contributed by atoms with E-state index >= 15 is 0 Å². The molecule has 4 rings (SSSR count). The lowest BCUT2D eigenvalue weighted by Gasteiger charge is -2.13. The Hall–Kier alpha value is -3.80. The number of fused-ring (bicyclic) bond motifs is 1. The van der Waals surface area contributed by atoms with E-state index < -0.39 is 0 Å². The summed E-state index contributed by atoms with van der Waals surface area (Å²) in [5.74, 6) is 0.715. The van der Waals surface area contributed by atoms with Gasteiger partial charge in [0.25, 0.3) is 5.56 Å². The maximum Gasteiger partial charge on any atom is 0.315 e. The van der Waals surface area contributed by atoms with E-state index in [1.165, 1.54) is 0 Å². The van der Waals surface area contributed by atoms with Crippen molar-refractivity contribution in [3.8, 4) is 0 Å². The number of carbonyl (C=O) groups is 1. The number of hydrogen-bond acceptors (Lipinski definition) is 3. The zero-order valence-electron chi connectivity index (χ0n) is 16.7. The molecule has 6 heteroatoms. The number of carbonyl (C=O) groups excluding carboxylic acids is 1. The number of para-hydroxylation sites is 1. The van der Waals surface area contributed by atoms with E-state index in [1.807, 2.05) is 67.6 Å². The van der Waals surface area contributed by atoms with Gasteiger partial charge in [-0.25, -0.2) is 4.79 Å². The third kappa shape index (κ3) is 4.60. The van der Waals surface area contributed by atoms with Crippen LogP contribution in [0.5, 0.6) is 0 Å². The topological polar surface area (TPSA) is 76.3 Å². The summed E-state index contributed by atoms with van der Waals surface area (Å²) in [6, 6.07) is 22.1. The van der Waals surface area contributed by atoms with E-state index in [9.17, 15) is 9.59 Å². The lowest BCUT2D eigenvalue weighted by Crippen LogP contribution is -2.36. The summed E-state index contributed by atoms with van der Waals surface area (Å²) in [6.07, 6.45) is 1.77. The maximum absolute atomic E-state index is 12.3. The molecule has 2 heterocycles. The minimum Gasteiger partial charge on any atom is -0.459 e. The van der Waals surface area contributed by atoms with Gasteiger partial charge in [0.1, 0.15) is 11.3 Å². The van der Waals surface area contributed by atoms with Crippen LogP contribution < -0.4 is 16.2 Å². The molecule has 4 aromatic rings. The predicted octanol–water partition coefficient (Wildman–Crippen LogP) is 4.20. The van der Waals surface area contributed by atoms with Crippen molar-refractivity contribution in [2.75, 3.05) is 0 Å². The van der Waals surface area contributed by atoms with Gasteiger partial charge in [0.05, 0.1) is 12.6 Å². The van der Waals surface area contributed by atoms with Crippen molar-refractivity contribution in [3.05, 3.63) is 106 Å². The standard InChI is InChI=1S/C24H23N3O3/c1-17(22-14-20-6-2-3-7-21(20)30-22)26-24(29)25-15-18-9-11-19(12-10-18)16-27-13-5-4-8-23(27)28/h2-14,17H,15-16H2,1H3,(H2,25,26,29). The van der Waals surface area contributed by atoms with Crippen LogP contribution in [0.1, 0.15) is 29.9 Å². The van der Waals surface area contributed by atoms with Crippen LogP contribution >= 0.6 is 0 Å². The van der Waals surface area contributed by atoms with Crippen molar-refractivity contribution >= 4 is 17.0 Å². The van der Waals surface area contributed by atoms with Crippen LogP contribution in [0.4, 0.5) is 4.79 Å². The van der Waals surface area contributed by atoms with E-state index in [-0.39, 0.29) is 17.6 Å². The molecule has 0 saturated heterocycles. The Balaban J connectivity index is 1.30. The number of pyridine rings is 1. The molecule has 152 valence electrons. The first-order chi connectivity index (χ1) is 14.6. The van der Waals surface area contributed by atoms with Gasteiger partial charge in [0, 0.05) is 24.2 Å². The highest BCUT2D eigenvalue weighted by molar-refractivity contribution is 5.78. The van der Waals surface area contributed by atoms with E-state index in [0.717, 1.165) is 22.1 Å². The molecule has 2 N–H and O–H groups in total. The quantitative estimate of drug-likeness (QED) is 0.508. The molecule has 1 unspecified atom stereocenters. The Kier molecular flexibility index (Phi) is 5.66. The van der Waals surface area contributed by atoms with Crippen molar-refractivity contribution in [2.45, 2.75) is 26.1 Å². The Morgan fingerprint density at radius 2 is 1.73 bits per heavy atom. The molecule has 1 atom stereocenters. The zero-order valence-corrected chi connectivity index (χ0v) is 16.7. The third-order valence-electron chi connectivity index (χ3n) is 4.95. The van der Waals surface area contributed by atoms with Crippen LogP contribution in [-0.2, 0) is 13.1 Å². The molecule has 2 aromatic carbocycles. The molecular formula is C24H23N3O3. The van der Waals surface area contributed by atoms with Gasteiger partial charge in [-0.3, -0.25) is 4.79 Å². The molecule has 2 aromatic heterocycles. The van der Waals surface area contributed by atoms with Gasteiger partial charge in [-0.15, -0.1) is 0 Å². The number of hydrogen-bond donors (Lipinski definition) is 2. The predicted molar refractivity (Wildman–Crippen MR) is 116 cm³/mol. The number of benzene rings is 2. The average molecular weight is 401 g/mol. The first kappa shape index (κ1) is 19.5. The van der Waals surface area contributed by atoms with Gasteiger partial charge < -0.3 is 19.6 Å². The van der Waals surface area contributed by atoms with Crippen LogP contribution in [0.25, 0.3) is 11.0 Å². The Morgan fingerprint density at radius 1 is 1.00 bits per heavy atom. The van der Waals surface area contributed by atoms with Crippen molar-refractivity contribution in [3.63, 3.8) is 0 Å². The first-order valence-corrected chi connectivity index (χ1v) is 9.84. The summed E-state index contributed by atoms with van der Waals surface area (Å²) in [7, 11) is 0. The molecule has 0 fully saturated rings. The number of amides is 2. The second-order valence-electron chi connectivity index (χ2n) is 7.22. The lowest BCUT2D eigenvalue weighted by molar-refractivity contribution is 0.236. The normalized spacial score (nSPS) is 11.9. The Morgan fingerprint density at radius 3 is 2.50 bits per heavy atom. The maximum atomic E-state index is 12.3. The van der Waals surface area contributed by atoms with E-state index in [2.05, 4.69) is 10.6 Å². The SMILES string of the molecule is CC(NC(=O)NCc1ccc(Cn2ccccc2=O)cc1)c1cc2ccccc2o1. The highest BCUT2D eigenvalue weighted by atomic mass is 16.3. The van der Waals surface area contributed by atoms with Gasteiger partial charge in [0.15, 0.2) is 0 Å². The molecule has 2 amide bonds. The molecular weight excluding hydrogens is 378 g/mol. The molecule has 0 aliphatic heterocycles. The van der Waals surface area contributed by atoms with Gasteiger partial charge in [-0.2, -0.15) is 0 Å². The molecule has 0 aliphatic rings. The van der Waals surface area contributed by atoms with Crippen LogP contribution in [0.2, 0.25) is 0 Å². The van der Waals surface area contributed by atoms with Gasteiger partial charge in [-0.1, -0.05) is 48.5 Å². The monoisotopic (exact) mass is 401 g/mol. The fourth-order valence-electron chi connectivity index (χ4n) is 3.27. The summed E-state index contributed by atoms with van der Waals surface area (Å²) in [6.45, 7) is 2.81. The second-order valence-corrected chi connectivity index (χ2v) is 7.22. The van der Waals surface area contributed by atoms with Crippen LogP contribution in [0.15, 0.2) is 88.2 Å². The molecule has 30 heavy (non-hydrogen) atoms. The van der Waals surface area contributed by atoms with Gasteiger partial charge >= 0.3 is 6.03 Å². The molecule has 0 spiro atoms. The third-order valence-corrected chi connectivity index (χ3v) is 4.95. The van der Waals surface area contributed by atoms with Crippen LogP contribution in [0, 0.1) is 0 Å². The smallest absolute Gasteiger partial charge is 0.315 e. The Bertz CT molecular complexity index is 1180. The highest BCUT2D eigenvalue weighted by Gasteiger charge is 2.14. The fraction of sp³-hybridized carbons (Fsp3) is 0.167. The zero-order chi connectivity index (χ0) is 20.9. The molecule has 0 radical (unpaired) electrons. The van der Waals surface area contributed by atoms with E-state index in [1.54, 1.807) is 22.9 Å². The minimum absolute atomic E-state index is 0.0292. The second kappa shape index (κ2) is 8.69. The average Bonchev–Trinajstić information content (AvgIpc) is 3.19. The summed E-state index contributed by atoms with van der Waals surface area (Å²) in [5.41, 5.74) is 2.78. The van der Waals surface area contributed by atoms with E-state index in [4.69, 9.17) is 4.42 Å². The first-order valence-electron chi connectivity index (χ1n) is 9.84. The largest absolute Gasteiger partial charge is 0.459 e. The van der Waals surface area contributed by atoms with Crippen LogP contribution in [-0.4, -0.2) is 10.6 Å². The number of nitrogens with zero attached hydrogens (tertiary/aromatic N) is 1. The molecule has 0 bridgehead atoms. The summed E-state index contributed by atoms with van der Waals surface area (Å²) in [4.78, 5) is 24.1. The molecule has 0 aliphatic carbocycles. The highest BCUT2D eigenvalue weighted by Crippen LogP contribution is 2.23. The van der Waals surface area contributed by atoms with Crippen molar-refractivity contribution in [2.24, 2.45) is 0 Å². The summed E-state index contributed by atoms with van der Waals surface area (Å²) in [5, 5.41) is 6.77. The molecule has 6 nitrogen and oxygen atoms in total. The van der Waals surface area contributed by atoms with Crippen molar-refractivity contribution in [1.29, 1.82) is 0 Å². The summed E-state index contributed by atoms with van der Waals surface area (Å²) < 4.78 is 7.45. The minimum atomic E-state index is -0.261. The number of nitrogens with one attached hydrogen (secondary N) is 2. The number of furan rings is 1.